The van der Waals surface area contributed by atoms with Crippen molar-refractivity contribution < 1.29 is 29.0 Å². The highest BCUT2D eigenvalue weighted by Crippen LogP contribution is 2.44. The molecule has 0 saturated heterocycles. The number of para-hydroxylation sites is 1. The Balaban J connectivity index is 1.30. The second-order valence-electron chi connectivity index (χ2n) is 8.94. The van der Waals surface area contributed by atoms with Crippen molar-refractivity contribution in [3.63, 3.8) is 0 Å². The Bertz CT molecular complexity index is 1450. The molecule has 1 aliphatic carbocycles. The third-order valence-electron chi connectivity index (χ3n) is 6.76. The van der Waals surface area contributed by atoms with Gasteiger partial charge in [0.2, 0.25) is 0 Å². The number of alkyl carbamates (subject to hydrolysis) is 1. The Labute approximate surface area is 213 Å². The maximum Gasteiger partial charge on any atom is 0.407 e. The molecule has 37 heavy (non-hydrogen) atoms. The highest BCUT2D eigenvalue weighted by molar-refractivity contribution is 5.87. The van der Waals surface area contributed by atoms with Crippen molar-refractivity contribution in [1.29, 1.82) is 0 Å². The molecule has 3 aromatic carbocycles. The molecule has 5 rings (SSSR count). The van der Waals surface area contributed by atoms with Crippen molar-refractivity contribution in [1.82, 2.24) is 9.88 Å². The average Bonchev–Trinajstić information content (AvgIpc) is 3.42. The van der Waals surface area contributed by atoms with Gasteiger partial charge in [0.1, 0.15) is 19.2 Å². The maximum atomic E-state index is 12.7. The van der Waals surface area contributed by atoms with E-state index in [4.69, 9.17) is 9.47 Å². The fraction of sp³-hybridized carbons (Fsp3) is 0.207. The highest BCUT2D eigenvalue weighted by atomic mass is 16.5. The summed E-state index contributed by atoms with van der Waals surface area (Å²) in [5.74, 6) is -1.73. The molecule has 188 valence electrons. The lowest BCUT2D eigenvalue weighted by Crippen LogP contribution is -2.42. The van der Waals surface area contributed by atoms with Gasteiger partial charge in [0.05, 0.1) is 7.11 Å². The van der Waals surface area contributed by atoms with Crippen LogP contribution in [0.25, 0.3) is 22.0 Å². The van der Waals surface area contributed by atoms with Crippen molar-refractivity contribution in [3.05, 3.63) is 95.7 Å². The molecule has 1 aliphatic rings. The predicted octanol–water partition coefficient (Wildman–Crippen LogP) is 4.35. The first-order valence-electron chi connectivity index (χ1n) is 11.9. The summed E-state index contributed by atoms with van der Waals surface area (Å²) >= 11 is 0. The molecule has 0 unspecified atom stereocenters. The lowest BCUT2D eigenvalue weighted by Gasteiger charge is -2.17. The standard InChI is InChI=1S/C29H26N2O6/c1-36-27(32)16-31-15-18(19-8-6-7-13-26(19)31)14-25(28(33)34)30-29(35)37-17-24-22-11-4-2-9-20(22)21-10-3-5-12-23(21)24/h2-13,15,24-25H,14,16-17H2,1H3,(H,30,35)(H,33,34)/t25-/m0/s1. The number of hydrogen-bond acceptors (Lipinski definition) is 5. The van der Waals surface area contributed by atoms with Crippen LogP contribution in [0, 0.1) is 0 Å². The molecule has 1 heterocycles. The van der Waals surface area contributed by atoms with Gasteiger partial charge in [-0.15, -0.1) is 0 Å². The Hall–Kier alpha value is -4.59. The van der Waals surface area contributed by atoms with Crippen molar-refractivity contribution >= 4 is 28.9 Å². The van der Waals surface area contributed by atoms with E-state index in [-0.39, 0.29) is 25.5 Å². The quantitative estimate of drug-likeness (QED) is 0.350. The van der Waals surface area contributed by atoms with E-state index in [0.29, 0.717) is 5.56 Å². The van der Waals surface area contributed by atoms with Gasteiger partial charge in [0.15, 0.2) is 0 Å². The molecule has 0 saturated carbocycles. The van der Waals surface area contributed by atoms with Crippen molar-refractivity contribution in [2.24, 2.45) is 0 Å². The van der Waals surface area contributed by atoms with Crippen LogP contribution in [0.15, 0.2) is 79.0 Å². The average molecular weight is 499 g/mol. The van der Waals surface area contributed by atoms with Gasteiger partial charge >= 0.3 is 18.0 Å². The molecule has 4 aromatic rings. The molecule has 0 bridgehead atoms. The third-order valence-corrected chi connectivity index (χ3v) is 6.76. The van der Waals surface area contributed by atoms with E-state index in [9.17, 15) is 19.5 Å². The van der Waals surface area contributed by atoms with Crippen LogP contribution in [-0.2, 0) is 32.0 Å². The molecule has 0 aliphatic heterocycles. The number of carboxylic acid groups (broad SMARTS) is 1. The maximum absolute atomic E-state index is 12.7. The lowest BCUT2D eigenvalue weighted by molar-refractivity contribution is -0.141. The SMILES string of the molecule is COC(=O)Cn1cc(C[C@H](NC(=O)OCC2c3ccccc3-c3ccccc32)C(=O)O)c2ccccc21. The van der Waals surface area contributed by atoms with E-state index in [2.05, 4.69) is 5.32 Å². The molecule has 8 heteroatoms. The number of carbonyl (C=O) groups is 3. The Morgan fingerprint density at radius 1 is 0.946 bits per heavy atom. The van der Waals surface area contributed by atoms with Crippen LogP contribution in [0.3, 0.4) is 0 Å². The fourth-order valence-electron chi connectivity index (χ4n) is 5.02. The summed E-state index contributed by atoms with van der Waals surface area (Å²) < 4.78 is 12.0. The zero-order valence-corrected chi connectivity index (χ0v) is 20.2. The third kappa shape index (κ3) is 4.78. The Morgan fingerprint density at radius 3 is 2.22 bits per heavy atom. The Morgan fingerprint density at radius 2 is 1.57 bits per heavy atom. The summed E-state index contributed by atoms with van der Waals surface area (Å²) in [7, 11) is 1.31. The van der Waals surface area contributed by atoms with E-state index in [1.54, 1.807) is 10.8 Å². The molecule has 8 nitrogen and oxygen atoms in total. The number of rotatable bonds is 8. The van der Waals surface area contributed by atoms with Gasteiger partial charge < -0.3 is 24.5 Å². The number of carboxylic acids is 1. The van der Waals surface area contributed by atoms with E-state index < -0.39 is 24.1 Å². The van der Waals surface area contributed by atoms with Gasteiger partial charge in [-0.2, -0.15) is 0 Å². The smallest absolute Gasteiger partial charge is 0.407 e. The number of nitrogens with zero attached hydrogens (tertiary/aromatic N) is 1. The summed E-state index contributed by atoms with van der Waals surface area (Å²) in [6.07, 6.45) is 0.943. The number of hydrogen-bond donors (Lipinski definition) is 2. The topological polar surface area (TPSA) is 107 Å². The van der Waals surface area contributed by atoms with Crippen LogP contribution < -0.4 is 5.32 Å². The van der Waals surface area contributed by atoms with Crippen molar-refractivity contribution in [2.75, 3.05) is 13.7 Å². The molecule has 1 aromatic heterocycles. The molecule has 1 amide bonds. The first-order valence-corrected chi connectivity index (χ1v) is 11.9. The first-order chi connectivity index (χ1) is 18.0. The van der Waals surface area contributed by atoms with Gasteiger partial charge in [-0.3, -0.25) is 4.79 Å². The normalized spacial score (nSPS) is 13.0. The van der Waals surface area contributed by atoms with Gasteiger partial charge in [-0.25, -0.2) is 9.59 Å². The van der Waals surface area contributed by atoms with E-state index in [0.717, 1.165) is 33.2 Å². The van der Waals surface area contributed by atoms with Gasteiger partial charge in [0, 0.05) is 29.4 Å². The molecule has 1 atom stereocenters. The minimum absolute atomic E-state index is 0.00540. The number of methoxy groups -OCH3 is 1. The number of esters is 1. The summed E-state index contributed by atoms with van der Waals surface area (Å²) in [4.78, 5) is 36.6. The Kier molecular flexibility index (Phi) is 6.64. The number of benzene rings is 3. The van der Waals surface area contributed by atoms with E-state index in [1.165, 1.54) is 7.11 Å². The van der Waals surface area contributed by atoms with E-state index in [1.807, 2.05) is 72.8 Å². The van der Waals surface area contributed by atoms with Crippen LogP contribution in [-0.4, -0.2) is 47.5 Å². The molecule has 0 spiro atoms. The number of amides is 1. The minimum Gasteiger partial charge on any atom is -0.480 e. The number of nitrogens with one attached hydrogen (secondary N) is 1. The first kappa shape index (κ1) is 24.1. The zero-order valence-electron chi connectivity index (χ0n) is 20.2. The van der Waals surface area contributed by atoms with Crippen molar-refractivity contribution in [2.45, 2.75) is 24.9 Å². The fourth-order valence-corrected chi connectivity index (χ4v) is 5.02. The number of aromatic nitrogens is 1. The van der Waals surface area contributed by atoms with Crippen LogP contribution in [0.5, 0.6) is 0 Å². The highest BCUT2D eigenvalue weighted by Gasteiger charge is 2.30. The number of ether oxygens (including phenoxy) is 2. The molecular weight excluding hydrogens is 472 g/mol. The lowest BCUT2D eigenvalue weighted by atomic mass is 9.98. The predicted molar refractivity (Wildman–Crippen MR) is 137 cm³/mol. The number of carbonyl (C=O) groups excluding carboxylic acids is 2. The largest absolute Gasteiger partial charge is 0.480 e. The molecule has 0 radical (unpaired) electrons. The van der Waals surface area contributed by atoms with Gasteiger partial charge in [-0.05, 0) is 33.9 Å². The van der Waals surface area contributed by atoms with Crippen LogP contribution in [0.4, 0.5) is 4.79 Å². The van der Waals surface area contributed by atoms with Crippen molar-refractivity contribution in [3.8, 4) is 11.1 Å². The second-order valence-corrected chi connectivity index (χ2v) is 8.94. The molecule has 0 fully saturated rings. The van der Waals surface area contributed by atoms with Crippen LogP contribution in [0.1, 0.15) is 22.6 Å². The van der Waals surface area contributed by atoms with Crippen LogP contribution in [0.2, 0.25) is 0 Å². The van der Waals surface area contributed by atoms with Gasteiger partial charge in [-0.1, -0.05) is 66.7 Å². The summed E-state index contributed by atoms with van der Waals surface area (Å²) in [5.41, 5.74) is 5.83. The zero-order chi connectivity index (χ0) is 25.9. The van der Waals surface area contributed by atoms with Crippen LogP contribution >= 0.6 is 0 Å². The minimum atomic E-state index is -1.21. The second kappa shape index (κ2) is 10.2. The number of fused-ring (bicyclic) bond motifs is 4. The van der Waals surface area contributed by atoms with E-state index >= 15 is 0 Å². The summed E-state index contributed by atoms with van der Waals surface area (Å²) in [5, 5.41) is 13.1. The molecular formula is C29H26N2O6. The monoisotopic (exact) mass is 498 g/mol. The molecule has 2 N–H and O–H groups in total. The number of aliphatic carboxylic acids is 1. The summed E-state index contributed by atoms with van der Waals surface area (Å²) in [6.45, 7) is 0.0825. The van der Waals surface area contributed by atoms with Gasteiger partial charge in [0.25, 0.3) is 0 Å². The summed E-state index contributed by atoms with van der Waals surface area (Å²) in [6, 6.07) is 22.1.